The average molecular weight is 421 g/mol. The SMILES string of the molecule is COCCn1c([C@@H](C)NC(=O)c2nc(C)sc2-c2ccccc2)nc2ccccc21. The highest BCUT2D eigenvalue weighted by atomic mass is 32.1. The zero-order chi connectivity index (χ0) is 21.1. The first-order chi connectivity index (χ1) is 14.6. The van der Waals surface area contributed by atoms with Crippen LogP contribution in [0.3, 0.4) is 0 Å². The second-order valence-corrected chi connectivity index (χ2v) is 8.28. The second-order valence-electron chi connectivity index (χ2n) is 7.07. The van der Waals surface area contributed by atoms with Gasteiger partial charge in [-0.2, -0.15) is 0 Å². The number of benzene rings is 2. The minimum Gasteiger partial charge on any atom is -0.383 e. The zero-order valence-electron chi connectivity index (χ0n) is 17.3. The molecule has 0 unspecified atom stereocenters. The number of carbonyl (C=O) groups excluding carboxylic acids is 1. The fourth-order valence-electron chi connectivity index (χ4n) is 3.54. The van der Waals surface area contributed by atoms with E-state index in [1.807, 2.05) is 68.4 Å². The number of thiazole rings is 1. The smallest absolute Gasteiger partial charge is 0.271 e. The molecule has 154 valence electrons. The number of fused-ring (bicyclic) bond motifs is 1. The molecular formula is C23H24N4O2S. The van der Waals surface area contributed by atoms with Crippen molar-refractivity contribution in [3.8, 4) is 10.4 Å². The molecule has 4 aromatic rings. The van der Waals surface area contributed by atoms with Crippen molar-refractivity contribution in [1.82, 2.24) is 19.9 Å². The van der Waals surface area contributed by atoms with Crippen LogP contribution in [0.15, 0.2) is 54.6 Å². The summed E-state index contributed by atoms with van der Waals surface area (Å²) in [4.78, 5) is 23.3. The molecule has 0 aliphatic rings. The number of amides is 1. The molecule has 1 atom stereocenters. The molecule has 0 spiro atoms. The van der Waals surface area contributed by atoms with Gasteiger partial charge < -0.3 is 14.6 Å². The van der Waals surface area contributed by atoms with E-state index >= 15 is 0 Å². The van der Waals surface area contributed by atoms with Crippen molar-refractivity contribution in [3.63, 3.8) is 0 Å². The Bertz CT molecular complexity index is 1170. The van der Waals surface area contributed by atoms with Crippen molar-refractivity contribution in [2.45, 2.75) is 26.4 Å². The van der Waals surface area contributed by atoms with E-state index in [9.17, 15) is 4.79 Å². The van der Waals surface area contributed by atoms with Crippen LogP contribution in [0.25, 0.3) is 21.5 Å². The molecule has 0 fully saturated rings. The molecule has 0 saturated carbocycles. The summed E-state index contributed by atoms with van der Waals surface area (Å²) in [6.07, 6.45) is 0. The molecule has 2 aromatic carbocycles. The number of aromatic nitrogens is 3. The molecule has 1 amide bonds. The summed E-state index contributed by atoms with van der Waals surface area (Å²) >= 11 is 1.53. The van der Waals surface area contributed by atoms with Crippen molar-refractivity contribution in [2.24, 2.45) is 0 Å². The van der Waals surface area contributed by atoms with Gasteiger partial charge in [0.05, 0.1) is 33.6 Å². The maximum absolute atomic E-state index is 13.1. The number of rotatable bonds is 7. The zero-order valence-corrected chi connectivity index (χ0v) is 18.1. The first kappa shape index (κ1) is 20.3. The first-order valence-electron chi connectivity index (χ1n) is 9.86. The van der Waals surface area contributed by atoms with Crippen LogP contribution >= 0.6 is 11.3 Å². The van der Waals surface area contributed by atoms with Crippen LogP contribution in [0.5, 0.6) is 0 Å². The van der Waals surface area contributed by atoms with Gasteiger partial charge in [0.1, 0.15) is 11.5 Å². The summed E-state index contributed by atoms with van der Waals surface area (Å²) in [6, 6.07) is 17.6. The minimum absolute atomic E-state index is 0.198. The average Bonchev–Trinajstić information content (AvgIpc) is 3.33. The van der Waals surface area contributed by atoms with E-state index < -0.39 is 0 Å². The fraction of sp³-hybridized carbons (Fsp3) is 0.261. The Morgan fingerprint density at radius 1 is 1.13 bits per heavy atom. The molecular weight excluding hydrogens is 396 g/mol. The fourth-order valence-corrected chi connectivity index (χ4v) is 4.46. The number of para-hydroxylation sites is 2. The Morgan fingerprint density at radius 2 is 1.87 bits per heavy atom. The Balaban J connectivity index is 1.64. The molecule has 7 heteroatoms. The number of nitrogens with one attached hydrogen (secondary N) is 1. The van der Waals surface area contributed by atoms with Gasteiger partial charge >= 0.3 is 0 Å². The maximum Gasteiger partial charge on any atom is 0.271 e. The Kier molecular flexibility index (Phi) is 5.92. The van der Waals surface area contributed by atoms with Crippen LogP contribution in [0.4, 0.5) is 0 Å². The number of hydrogen-bond donors (Lipinski definition) is 1. The van der Waals surface area contributed by atoms with Gasteiger partial charge in [-0.05, 0) is 31.5 Å². The maximum atomic E-state index is 13.1. The molecule has 0 aliphatic heterocycles. The molecule has 0 bridgehead atoms. The number of methoxy groups -OCH3 is 1. The number of imidazole rings is 1. The molecule has 2 heterocycles. The van der Waals surface area contributed by atoms with Crippen LogP contribution in [0.2, 0.25) is 0 Å². The van der Waals surface area contributed by atoms with Gasteiger partial charge in [-0.25, -0.2) is 9.97 Å². The molecule has 0 aliphatic carbocycles. The van der Waals surface area contributed by atoms with Crippen LogP contribution < -0.4 is 5.32 Å². The second kappa shape index (κ2) is 8.77. The summed E-state index contributed by atoms with van der Waals surface area (Å²) in [7, 11) is 1.68. The standard InChI is InChI=1S/C23H24N4O2S/c1-15(22-26-18-11-7-8-12-19(18)27(22)13-14-29-3)24-23(28)20-21(30-16(2)25-20)17-9-5-4-6-10-17/h4-12,15H,13-14H2,1-3H3,(H,24,28)/t15-/m1/s1. The third kappa shape index (κ3) is 3.99. The number of hydrogen-bond acceptors (Lipinski definition) is 5. The van der Waals surface area contributed by atoms with E-state index in [-0.39, 0.29) is 11.9 Å². The normalized spacial score (nSPS) is 12.2. The van der Waals surface area contributed by atoms with Crippen molar-refractivity contribution in [3.05, 3.63) is 71.1 Å². The lowest BCUT2D eigenvalue weighted by atomic mass is 10.1. The van der Waals surface area contributed by atoms with Crippen molar-refractivity contribution < 1.29 is 9.53 Å². The highest BCUT2D eigenvalue weighted by Crippen LogP contribution is 2.30. The molecule has 0 radical (unpaired) electrons. The van der Waals surface area contributed by atoms with Gasteiger partial charge in [0.25, 0.3) is 5.91 Å². The largest absolute Gasteiger partial charge is 0.383 e. The van der Waals surface area contributed by atoms with E-state index in [1.54, 1.807) is 7.11 Å². The van der Waals surface area contributed by atoms with Gasteiger partial charge in [0.15, 0.2) is 0 Å². The summed E-state index contributed by atoms with van der Waals surface area (Å²) in [5.74, 6) is 0.603. The minimum atomic E-state index is -0.285. The Labute approximate surface area is 179 Å². The summed E-state index contributed by atoms with van der Waals surface area (Å²) < 4.78 is 7.38. The number of nitrogens with zero attached hydrogens (tertiary/aromatic N) is 3. The number of carbonyl (C=O) groups is 1. The molecule has 1 N–H and O–H groups in total. The molecule has 6 nitrogen and oxygen atoms in total. The summed E-state index contributed by atoms with van der Waals surface area (Å²) in [6.45, 7) is 5.10. The van der Waals surface area contributed by atoms with Crippen LogP contribution in [-0.2, 0) is 11.3 Å². The van der Waals surface area contributed by atoms with Gasteiger partial charge in [-0.1, -0.05) is 42.5 Å². The van der Waals surface area contributed by atoms with Gasteiger partial charge in [-0.3, -0.25) is 4.79 Å². The van der Waals surface area contributed by atoms with Crippen LogP contribution in [0.1, 0.15) is 34.3 Å². The van der Waals surface area contributed by atoms with Gasteiger partial charge in [0, 0.05) is 13.7 Å². The molecule has 2 aromatic heterocycles. The topological polar surface area (TPSA) is 69.0 Å². The summed E-state index contributed by atoms with van der Waals surface area (Å²) in [5, 5.41) is 3.96. The van der Waals surface area contributed by atoms with Crippen molar-refractivity contribution in [2.75, 3.05) is 13.7 Å². The van der Waals surface area contributed by atoms with Crippen molar-refractivity contribution >= 4 is 28.3 Å². The van der Waals surface area contributed by atoms with Gasteiger partial charge in [0.2, 0.25) is 0 Å². The molecule has 0 saturated heterocycles. The quantitative estimate of drug-likeness (QED) is 0.474. The third-order valence-corrected chi connectivity index (χ3v) is 5.94. The van der Waals surface area contributed by atoms with Crippen LogP contribution in [-0.4, -0.2) is 34.2 Å². The number of ether oxygens (including phenoxy) is 1. The van der Waals surface area contributed by atoms with Crippen molar-refractivity contribution in [1.29, 1.82) is 0 Å². The van der Waals surface area contributed by atoms with Gasteiger partial charge in [-0.15, -0.1) is 11.3 Å². The number of aryl methyl sites for hydroxylation is 1. The van der Waals surface area contributed by atoms with E-state index in [2.05, 4.69) is 14.9 Å². The lowest BCUT2D eigenvalue weighted by Gasteiger charge is -2.16. The molecule has 30 heavy (non-hydrogen) atoms. The monoisotopic (exact) mass is 420 g/mol. The predicted octanol–water partition coefficient (Wildman–Crippen LogP) is 4.61. The third-order valence-electron chi connectivity index (χ3n) is 4.92. The lowest BCUT2D eigenvalue weighted by Crippen LogP contribution is -2.29. The summed E-state index contributed by atoms with van der Waals surface area (Å²) in [5.41, 5.74) is 3.38. The molecule has 4 rings (SSSR count). The van der Waals surface area contributed by atoms with E-state index in [0.29, 0.717) is 18.8 Å². The first-order valence-corrected chi connectivity index (χ1v) is 10.7. The van der Waals surface area contributed by atoms with E-state index in [0.717, 1.165) is 32.3 Å². The lowest BCUT2D eigenvalue weighted by molar-refractivity contribution is 0.0933. The Morgan fingerprint density at radius 3 is 2.63 bits per heavy atom. The predicted molar refractivity (Wildman–Crippen MR) is 120 cm³/mol. The van der Waals surface area contributed by atoms with Crippen LogP contribution in [0, 0.1) is 6.92 Å². The Hall–Kier alpha value is -3.03. The highest BCUT2D eigenvalue weighted by Gasteiger charge is 2.23. The highest BCUT2D eigenvalue weighted by molar-refractivity contribution is 7.15. The van der Waals surface area contributed by atoms with E-state index in [1.165, 1.54) is 11.3 Å². The van der Waals surface area contributed by atoms with E-state index in [4.69, 9.17) is 9.72 Å².